The lowest BCUT2D eigenvalue weighted by atomic mass is 10.1. The molecule has 0 radical (unpaired) electrons. The number of furan rings is 1. The highest BCUT2D eigenvalue weighted by Crippen LogP contribution is 2.25. The van der Waals surface area contributed by atoms with E-state index in [1.807, 2.05) is 37.3 Å². The first-order valence-corrected chi connectivity index (χ1v) is 7.42. The first-order chi connectivity index (χ1) is 9.72. The summed E-state index contributed by atoms with van der Waals surface area (Å²) in [5.74, 6) is 1.71. The molecule has 1 unspecified atom stereocenters. The maximum atomic E-state index is 6.16. The quantitative estimate of drug-likeness (QED) is 0.789. The van der Waals surface area contributed by atoms with Gasteiger partial charge in [0, 0.05) is 17.4 Å². The van der Waals surface area contributed by atoms with E-state index in [0.717, 1.165) is 27.8 Å². The van der Waals surface area contributed by atoms with Gasteiger partial charge in [-0.1, -0.05) is 30.3 Å². The number of nitrogens with two attached hydrogens (primary N) is 1. The van der Waals surface area contributed by atoms with E-state index in [0.29, 0.717) is 6.42 Å². The zero-order valence-corrected chi connectivity index (χ0v) is 12.1. The molecule has 3 aromatic rings. The van der Waals surface area contributed by atoms with Crippen LogP contribution in [0, 0.1) is 6.92 Å². The molecule has 1 aromatic carbocycles. The molecule has 0 spiro atoms. The van der Waals surface area contributed by atoms with Crippen molar-refractivity contribution in [3.8, 4) is 11.3 Å². The molecule has 0 saturated heterocycles. The first-order valence-electron chi connectivity index (χ1n) is 6.54. The van der Waals surface area contributed by atoms with Crippen LogP contribution in [-0.4, -0.2) is 4.98 Å². The SMILES string of the molecule is Cc1ccc(C(N)Cc2nc(-c3ccccc3)cs2)o1. The van der Waals surface area contributed by atoms with Crippen molar-refractivity contribution in [3.05, 3.63) is 64.4 Å². The summed E-state index contributed by atoms with van der Waals surface area (Å²) in [6.45, 7) is 1.92. The van der Waals surface area contributed by atoms with Gasteiger partial charge in [-0.2, -0.15) is 0 Å². The van der Waals surface area contributed by atoms with Crippen LogP contribution < -0.4 is 5.73 Å². The van der Waals surface area contributed by atoms with Gasteiger partial charge in [-0.15, -0.1) is 11.3 Å². The van der Waals surface area contributed by atoms with Crippen molar-refractivity contribution in [1.82, 2.24) is 4.98 Å². The number of nitrogens with zero attached hydrogens (tertiary/aromatic N) is 1. The van der Waals surface area contributed by atoms with Gasteiger partial charge in [-0.3, -0.25) is 0 Å². The molecule has 1 atom stereocenters. The lowest BCUT2D eigenvalue weighted by Gasteiger charge is -2.05. The normalized spacial score (nSPS) is 12.5. The second-order valence-electron chi connectivity index (χ2n) is 4.75. The lowest BCUT2D eigenvalue weighted by molar-refractivity contribution is 0.444. The number of aryl methyl sites for hydroxylation is 1. The van der Waals surface area contributed by atoms with Crippen LogP contribution in [0.2, 0.25) is 0 Å². The summed E-state index contributed by atoms with van der Waals surface area (Å²) >= 11 is 1.64. The third-order valence-corrected chi connectivity index (χ3v) is 4.01. The molecule has 0 fully saturated rings. The minimum Gasteiger partial charge on any atom is -0.465 e. The standard InChI is InChI=1S/C16H16N2OS/c1-11-7-8-15(19-11)13(17)9-16-18-14(10-20-16)12-5-3-2-4-6-12/h2-8,10,13H,9,17H2,1H3. The van der Waals surface area contributed by atoms with Gasteiger partial charge >= 0.3 is 0 Å². The van der Waals surface area contributed by atoms with Gasteiger partial charge in [-0.25, -0.2) is 4.98 Å². The minimum atomic E-state index is -0.140. The largest absolute Gasteiger partial charge is 0.465 e. The van der Waals surface area contributed by atoms with Gasteiger partial charge in [0.05, 0.1) is 16.7 Å². The molecule has 0 saturated carbocycles. The summed E-state index contributed by atoms with van der Waals surface area (Å²) in [5, 5.41) is 3.11. The molecule has 20 heavy (non-hydrogen) atoms. The first kappa shape index (κ1) is 13.1. The number of aromatic nitrogens is 1. The average Bonchev–Trinajstić information content (AvgIpc) is 3.09. The monoisotopic (exact) mass is 284 g/mol. The van der Waals surface area contributed by atoms with Gasteiger partial charge in [0.15, 0.2) is 0 Å². The second kappa shape index (κ2) is 5.61. The number of hydrogen-bond acceptors (Lipinski definition) is 4. The van der Waals surface area contributed by atoms with E-state index in [-0.39, 0.29) is 6.04 Å². The van der Waals surface area contributed by atoms with Crippen molar-refractivity contribution in [3.63, 3.8) is 0 Å². The molecule has 3 rings (SSSR count). The summed E-state index contributed by atoms with van der Waals surface area (Å²) in [6.07, 6.45) is 0.699. The Hall–Kier alpha value is -1.91. The van der Waals surface area contributed by atoms with Crippen molar-refractivity contribution in [1.29, 1.82) is 0 Å². The Morgan fingerprint density at radius 1 is 1.20 bits per heavy atom. The highest BCUT2D eigenvalue weighted by Gasteiger charge is 2.13. The fourth-order valence-electron chi connectivity index (χ4n) is 2.09. The molecule has 2 heterocycles. The summed E-state index contributed by atoms with van der Waals surface area (Å²) in [4.78, 5) is 4.65. The smallest absolute Gasteiger partial charge is 0.121 e. The Labute approximate surface area is 122 Å². The maximum absolute atomic E-state index is 6.16. The number of thiazole rings is 1. The van der Waals surface area contributed by atoms with Gasteiger partial charge in [0.25, 0.3) is 0 Å². The zero-order chi connectivity index (χ0) is 13.9. The van der Waals surface area contributed by atoms with Gasteiger partial charge < -0.3 is 10.2 Å². The highest BCUT2D eigenvalue weighted by atomic mass is 32.1. The highest BCUT2D eigenvalue weighted by molar-refractivity contribution is 7.09. The zero-order valence-electron chi connectivity index (χ0n) is 11.2. The van der Waals surface area contributed by atoms with E-state index in [9.17, 15) is 0 Å². The third kappa shape index (κ3) is 2.81. The van der Waals surface area contributed by atoms with Crippen LogP contribution in [0.3, 0.4) is 0 Å². The molecular formula is C16H16N2OS. The molecular weight excluding hydrogens is 268 g/mol. The average molecular weight is 284 g/mol. The molecule has 0 aliphatic heterocycles. The van der Waals surface area contributed by atoms with Crippen molar-refractivity contribution < 1.29 is 4.42 Å². The molecule has 2 aromatic heterocycles. The van der Waals surface area contributed by atoms with Crippen LogP contribution in [0.4, 0.5) is 0 Å². The molecule has 0 aliphatic rings. The van der Waals surface area contributed by atoms with Crippen molar-refractivity contribution in [2.24, 2.45) is 5.73 Å². The van der Waals surface area contributed by atoms with Crippen LogP contribution in [0.25, 0.3) is 11.3 Å². The Bertz CT molecular complexity index is 687. The number of rotatable bonds is 4. The van der Waals surface area contributed by atoms with E-state index in [1.54, 1.807) is 11.3 Å². The Morgan fingerprint density at radius 3 is 2.70 bits per heavy atom. The third-order valence-electron chi connectivity index (χ3n) is 3.14. The topological polar surface area (TPSA) is 52.0 Å². The van der Waals surface area contributed by atoms with E-state index in [2.05, 4.69) is 22.5 Å². The molecule has 102 valence electrons. The Balaban J connectivity index is 1.74. The number of benzene rings is 1. The van der Waals surface area contributed by atoms with Crippen molar-refractivity contribution >= 4 is 11.3 Å². The summed E-state index contributed by atoms with van der Waals surface area (Å²) < 4.78 is 5.56. The van der Waals surface area contributed by atoms with Crippen LogP contribution >= 0.6 is 11.3 Å². The van der Waals surface area contributed by atoms with Crippen molar-refractivity contribution in [2.45, 2.75) is 19.4 Å². The van der Waals surface area contributed by atoms with Crippen LogP contribution in [-0.2, 0) is 6.42 Å². The second-order valence-corrected chi connectivity index (χ2v) is 5.69. The van der Waals surface area contributed by atoms with Gasteiger partial charge in [-0.05, 0) is 19.1 Å². The van der Waals surface area contributed by atoms with Gasteiger partial charge in [0.1, 0.15) is 11.5 Å². The summed E-state index contributed by atoms with van der Waals surface area (Å²) in [6, 6.07) is 13.9. The number of hydrogen-bond donors (Lipinski definition) is 1. The molecule has 0 amide bonds. The molecule has 0 aliphatic carbocycles. The maximum Gasteiger partial charge on any atom is 0.121 e. The van der Waals surface area contributed by atoms with E-state index in [4.69, 9.17) is 10.2 Å². The van der Waals surface area contributed by atoms with Crippen LogP contribution in [0.1, 0.15) is 22.6 Å². The predicted octanol–water partition coefficient (Wildman–Crippen LogP) is 3.95. The van der Waals surface area contributed by atoms with Gasteiger partial charge in [0.2, 0.25) is 0 Å². The molecule has 0 bridgehead atoms. The molecule has 3 nitrogen and oxygen atoms in total. The van der Waals surface area contributed by atoms with Crippen LogP contribution in [0.5, 0.6) is 0 Å². The minimum absolute atomic E-state index is 0.140. The van der Waals surface area contributed by atoms with Crippen LogP contribution in [0.15, 0.2) is 52.3 Å². The molecule has 4 heteroatoms. The van der Waals surface area contributed by atoms with E-state index in [1.165, 1.54) is 0 Å². The van der Waals surface area contributed by atoms with E-state index >= 15 is 0 Å². The van der Waals surface area contributed by atoms with Crippen molar-refractivity contribution in [2.75, 3.05) is 0 Å². The Morgan fingerprint density at radius 2 is 2.00 bits per heavy atom. The Kier molecular flexibility index (Phi) is 3.67. The lowest BCUT2D eigenvalue weighted by Crippen LogP contribution is -2.12. The predicted molar refractivity (Wildman–Crippen MR) is 81.6 cm³/mol. The summed E-state index contributed by atoms with van der Waals surface area (Å²) in [7, 11) is 0. The fourth-order valence-corrected chi connectivity index (χ4v) is 2.95. The van der Waals surface area contributed by atoms with E-state index < -0.39 is 0 Å². The fraction of sp³-hybridized carbons (Fsp3) is 0.188. The molecule has 2 N–H and O–H groups in total. The summed E-state index contributed by atoms with van der Waals surface area (Å²) in [5.41, 5.74) is 8.31.